The number of likely N-dealkylation sites (N-methyl/N-ethyl adjacent to an activating group) is 1. The van der Waals surface area contributed by atoms with E-state index in [0.29, 0.717) is 0 Å². The topological polar surface area (TPSA) is 21.7 Å². The Balaban J connectivity index is 0.00000112. The number of hydrogen-bond donors (Lipinski definition) is 1. The van der Waals surface area contributed by atoms with E-state index in [1.54, 1.807) is 0 Å². The number of quaternary nitrogens is 1. The molecule has 0 amide bonds. The lowest BCUT2D eigenvalue weighted by Gasteiger charge is -2.06. The minimum Gasteiger partial charge on any atom is -1.00 e. The fraction of sp³-hybridized carbons (Fsp3) is 0.364. The Morgan fingerprint density at radius 1 is 1.33 bits per heavy atom. The van der Waals surface area contributed by atoms with Crippen LogP contribution in [0.25, 0.3) is 5.65 Å². The van der Waals surface area contributed by atoms with E-state index in [1.807, 2.05) is 24.4 Å². The minimum atomic E-state index is 0. The second-order valence-corrected chi connectivity index (χ2v) is 3.89. The number of fused-ring (bicyclic) bond motifs is 1. The number of nitrogens with one attached hydrogen (secondary N) is 1. The molecule has 2 heterocycles. The number of pyridine rings is 1. The normalized spacial score (nSPS) is 10.6. The fourth-order valence-electron chi connectivity index (χ4n) is 1.55. The molecule has 2 aromatic rings. The molecule has 0 atom stereocenters. The molecule has 0 unspecified atom stereocenters. The van der Waals surface area contributed by atoms with Crippen LogP contribution in [0.2, 0.25) is 0 Å². The van der Waals surface area contributed by atoms with Crippen molar-refractivity contribution in [3.05, 3.63) is 36.3 Å². The van der Waals surface area contributed by atoms with Gasteiger partial charge in [0.25, 0.3) is 0 Å². The summed E-state index contributed by atoms with van der Waals surface area (Å²) in [4.78, 5) is 5.82. The first-order valence-corrected chi connectivity index (χ1v) is 4.97. The molecular weight excluding hydrogens is 301 g/mol. The van der Waals surface area contributed by atoms with E-state index in [9.17, 15) is 0 Å². The molecule has 0 aliphatic carbocycles. The van der Waals surface area contributed by atoms with Crippen molar-refractivity contribution in [2.75, 3.05) is 20.6 Å². The number of halogens is 1. The van der Waals surface area contributed by atoms with E-state index in [2.05, 4.69) is 29.7 Å². The van der Waals surface area contributed by atoms with Crippen molar-refractivity contribution in [2.24, 2.45) is 0 Å². The Labute approximate surface area is 107 Å². The molecule has 0 radical (unpaired) electrons. The van der Waals surface area contributed by atoms with Crippen molar-refractivity contribution in [1.29, 1.82) is 0 Å². The summed E-state index contributed by atoms with van der Waals surface area (Å²) in [6.07, 6.45) is 5.12. The minimum absolute atomic E-state index is 0. The Morgan fingerprint density at radius 3 is 2.87 bits per heavy atom. The van der Waals surface area contributed by atoms with Crippen LogP contribution in [0.1, 0.15) is 5.69 Å². The van der Waals surface area contributed by atoms with Gasteiger partial charge in [-0.25, -0.2) is 4.98 Å². The molecule has 1 N–H and O–H groups in total. The fourth-order valence-corrected chi connectivity index (χ4v) is 1.55. The van der Waals surface area contributed by atoms with E-state index in [4.69, 9.17) is 0 Å². The summed E-state index contributed by atoms with van der Waals surface area (Å²) in [5, 5.41) is 0. The second-order valence-electron chi connectivity index (χ2n) is 3.89. The molecule has 0 saturated heterocycles. The quantitative estimate of drug-likeness (QED) is 0.600. The third-order valence-electron chi connectivity index (χ3n) is 2.37. The summed E-state index contributed by atoms with van der Waals surface area (Å²) in [7, 11) is 4.34. The molecule has 2 rings (SSSR count). The average molecular weight is 317 g/mol. The van der Waals surface area contributed by atoms with Gasteiger partial charge in [-0.2, -0.15) is 0 Å². The maximum atomic E-state index is 4.35. The molecule has 3 nitrogen and oxygen atoms in total. The Kier molecular flexibility index (Phi) is 4.53. The highest BCUT2D eigenvalue weighted by Crippen LogP contribution is 2.05. The Hall–Kier alpha value is -0.620. The van der Waals surface area contributed by atoms with Crippen LogP contribution in [-0.4, -0.2) is 30.0 Å². The average Bonchev–Trinajstić information content (AvgIpc) is 2.58. The zero-order valence-electron chi connectivity index (χ0n) is 9.07. The van der Waals surface area contributed by atoms with Crippen LogP contribution in [0, 0.1) is 0 Å². The molecule has 15 heavy (non-hydrogen) atoms. The van der Waals surface area contributed by atoms with E-state index >= 15 is 0 Å². The van der Waals surface area contributed by atoms with Gasteiger partial charge in [-0.15, -0.1) is 0 Å². The molecular formula is C11H16IN3. The highest BCUT2D eigenvalue weighted by molar-refractivity contribution is 5.39. The van der Waals surface area contributed by atoms with Gasteiger partial charge in [0.2, 0.25) is 0 Å². The molecule has 0 aromatic carbocycles. The van der Waals surface area contributed by atoms with Crippen LogP contribution in [-0.2, 0) is 6.42 Å². The van der Waals surface area contributed by atoms with Crippen LogP contribution in [0.15, 0.2) is 30.6 Å². The summed E-state index contributed by atoms with van der Waals surface area (Å²) in [6, 6.07) is 6.09. The predicted molar refractivity (Wildman–Crippen MR) is 56.6 cm³/mol. The van der Waals surface area contributed by atoms with Crippen LogP contribution < -0.4 is 28.9 Å². The van der Waals surface area contributed by atoms with E-state index < -0.39 is 0 Å². The van der Waals surface area contributed by atoms with Crippen LogP contribution >= 0.6 is 0 Å². The van der Waals surface area contributed by atoms with Gasteiger partial charge in [-0.1, -0.05) is 6.07 Å². The van der Waals surface area contributed by atoms with Gasteiger partial charge in [0.05, 0.1) is 20.6 Å². The first-order valence-electron chi connectivity index (χ1n) is 4.97. The van der Waals surface area contributed by atoms with Gasteiger partial charge < -0.3 is 33.3 Å². The smallest absolute Gasteiger partial charge is 0.136 e. The molecule has 0 bridgehead atoms. The monoisotopic (exact) mass is 317 g/mol. The van der Waals surface area contributed by atoms with Gasteiger partial charge in [0.1, 0.15) is 5.65 Å². The third-order valence-corrected chi connectivity index (χ3v) is 2.37. The molecule has 0 saturated carbocycles. The Morgan fingerprint density at radius 2 is 2.13 bits per heavy atom. The van der Waals surface area contributed by atoms with Gasteiger partial charge in [-0.05, 0) is 12.1 Å². The summed E-state index contributed by atoms with van der Waals surface area (Å²) in [5.74, 6) is 0. The van der Waals surface area contributed by atoms with Crippen molar-refractivity contribution in [3.63, 3.8) is 0 Å². The molecule has 0 aliphatic heterocycles. The van der Waals surface area contributed by atoms with E-state index in [0.717, 1.165) is 18.6 Å². The van der Waals surface area contributed by atoms with Crippen molar-refractivity contribution < 1.29 is 28.9 Å². The largest absolute Gasteiger partial charge is 1.00 e. The van der Waals surface area contributed by atoms with Crippen LogP contribution in [0.3, 0.4) is 0 Å². The highest BCUT2D eigenvalue weighted by atomic mass is 127. The van der Waals surface area contributed by atoms with Crippen LogP contribution in [0.4, 0.5) is 0 Å². The predicted octanol–water partition coefficient (Wildman–Crippen LogP) is -2.97. The standard InChI is InChI=1S/C11H15N3.HI/c1-13(2)8-6-10-9-12-11-5-3-4-7-14(10)11;/h3-5,7,9H,6,8H2,1-2H3;1H. The van der Waals surface area contributed by atoms with Crippen molar-refractivity contribution >= 4 is 5.65 Å². The van der Waals surface area contributed by atoms with E-state index in [-0.39, 0.29) is 24.0 Å². The van der Waals surface area contributed by atoms with Crippen LogP contribution in [0.5, 0.6) is 0 Å². The number of nitrogens with zero attached hydrogens (tertiary/aromatic N) is 2. The zero-order chi connectivity index (χ0) is 9.97. The number of rotatable bonds is 3. The molecule has 4 heteroatoms. The Bertz CT molecular complexity index is 422. The molecule has 0 aliphatic rings. The lowest BCUT2D eigenvalue weighted by atomic mass is 10.3. The molecule has 82 valence electrons. The summed E-state index contributed by atoms with van der Waals surface area (Å²) in [5.41, 5.74) is 2.33. The summed E-state index contributed by atoms with van der Waals surface area (Å²) in [6.45, 7) is 1.14. The van der Waals surface area contributed by atoms with Crippen molar-refractivity contribution in [1.82, 2.24) is 9.38 Å². The van der Waals surface area contributed by atoms with Crippen molar-refractivity contribution in [3.8, 4) is 0 Å². The van der Waals surface area contributed by atoms with Crippen molar-refractivity contribution in [2.45, 2.75) is 6.42 Å². The second kappa shape index (κ2) is 5.46. The van der Waals surface area contributed by atoms with Gasteiger partial charge in [-0.3, -0.25) is 0 Å². The lowest BCUT2D eigenvalue weighted by molar-refractivity contribution is -0.858. The summed E-state index contributed by atoms with van der Waals surface area (Å²) < 4.78 is 2.16. The van der Waals surface area contributed by atoms with E-state index in [1.165, 1.54) is 10.6 Å². The number of imidazole rings is 1. The van der Waals surface area contributed by atoms with Gasteiger partial charge >= 0.3 is 0 Å². The maximum Gasteiger partial charge on any atom is 0.136 e. The zero-order valence-corrected chi connectivity index (χ0v) is 11.2. The summed E-state index contributed by atoms with van der Waals surface area (Å²) >= 11 is 0. The SMILES string of the molecule is C[NH+](C)CCc1cnc2ccccn12.[I-]. The molecule has 0 fully saturated rings. The first-order chi connectivity index (χ1) is 6.77. The highest BCUT2D eigenvalue weighted by Gasteiger charge is 2.03. The lowest BCUT2D eigenvalue weighted by Crippen LogP contribution is -3.06. The third kappa shape index (κ3) is 2.92. The van der Waals surface area contributed by atoms with Gasteiger partial charge in [0.15, 0.2) is 0 Å². The van der Waals surface area contributed by atoms with Gasteiger partial charge in [0, 0.05) is 24.5 Å². The molecule has 2 aromatic heterocycles. The number of hydrogen-bond acceptors (Lipinski definition) is 1. The number of aromatic nitrogens is 2. The first kappa shape index (κ1) is 12.4. The molecule has 0 spiro atoms. The maximum absolute atomic E-state index is 4.35.